The number of aliphatic hydroxyl groups is 2. The maximum absolute atomic E-state index is 11.1. The van der Waals surface area contributed by atoms with Gasteiger partial charge in [0.25, 0.3) is 0 Å². The molecule has 14 heavy (non-hydrogen) atoms. The van der Waals surface area contributed by atoms with Crippen LogP contribution in [-0.4, -0.2) is 49.2 Å². The highest BCUT2D eigenvalue weighted by Crippen LogP contribution is 2.25. The fourth-order valence-corrected chi connectivity index (χ4v) is 1.19. The zero-order valence-corrected chi connectivity index (χ0v) is 7.89. The van der Waals surface area contributed by atoms with Gasteiger partial charge in [0, 0.05) is 0 Å². The molecule has 0 aromatic carbocycles. The summed E-state index contributed by atoms with van der Waals surface area (Å²) in [5.41, 5.74) is 0. The lowest BCUT2D eigenvalue weighted by Crippen LogP contribution is -2.32. The summed E-state index contributed by atoms with van der Waals surface area (Å²) in [6.07, 6.45) is -2.20. The van der Waals surface area contributed by atoms with E-state index in [1.807, 2.05) is 0 Å². The third-order valence-corrected chi connectivity index (χ3v) is 1.86. The van der Waals surface area contributed by atoms with Crippen LogP contribution >= 0.6 is 0 Å². The summed E-state index contributed by atoms with van der Waals surface area (Å²) in [6, 6.07) is 0. The average molecular weight is 204 g/mol. The topological polar surface area (TPSA) is 85.2 Å². The number of aliphatic hydroxyl groups excluding tert-OH is 2. The monoisotopic (exact) mass is 204 g/mol. The molecule has 1 unspecified atom stereocenters. The molecular formula is C8H12O6. The first-order valence-electron chi connectivity index (χ1n) is 3.97. The number of carbonyl (C=O) groups excluding carboxylic acids is 1. The summed E-state index contributed by atoms with van der Waals surface area (Å²) in [4.78, 5) is 11.1. The van der Waals surface area contributed by atoms with Gasteiger partial charge < -0.3 is 24.4 Å². The van der Waals surface area contributed by atoms with E-state index in [9.17, 15) is 9.90 Å². The second-order valence-corrected chi connectivity index (χ2v) is 2.68. The largest absolute Gasteiger partial charge is 0.493 e. The maximum atomic E-state index is 11.1. The fourth-order valence-electron chi connectivity index (χ4n) is 1.19. The summed E-state index contributed by atoms with van der Waals surface area (Å²) in [5.74, 6) is -0.689. The van der Waals surface area contributed by atoms with Gasteiger partial charge in [0.05, 0.1) is 20.8 Å². The molecule has 0 spiro atoms. The third kappa shape index (κ3) is 1.66. The van der Waals surface area contributed by atoms with Gasteiger partial charge in [0.1, 0.15) is 6.10 Å². The Morgan fingerprint density at radius 2 is 2.14 bits per heavy atom. The van der Waals surface area contributed by atoms with Gasteiger partial charge in [-0.25, -0.2) is 4.79 Å². The zero-order valence-electron chi connectivity index (χ0n) is 7.89. The van der Waals surface area contributed by atoms with Crippen molar-refractivity contribution in [1.82, 2.24) is 0 Å². The van der Waals surface area contributed by atoms with Crippen molar-refractivity contribution in [2.45, 2.75) is 12.2 Å². The minimum absolute atomic E-state index is 0.0787. The molecule has 0 aliphatic carbocycles. The van der Waals surface area contributed by atoms with Gasteiger partial charge in [-0.1, -0.05) is 0 Å². The second kappa shape index (κ2) is 4.30. The summed E-state index contributed by atoms with van der Waals surface area (Å²) >= 11 is 0. The molecule has 2 N–H and O–H groups in total. The molecule has 0 aromatic rings. The van der Waals surface area contributed by atoms with E-state index in [1.165, 1.54) is 14.2 Å². The maximum Gasteiger partial charge on any atom is 0.378 e. The Kier molecular flexibility index (Phi) is 3.32. The first kappa shape index (κ1) is 10.8. The van der Waals surface area contributed by atoms with Crippen molar-refractivity contribution in [3.05, 3.63) is 11.5 Å². The molecule has 0 bridgehead atoms. The van der Waals surface area contributed by atoms with Crippen molar-refractivity contribution in [3.63, 3.8) is 0 Å². The van der Waals surface area contributed by atoms with Gasteiger partial charge in [0.2, 0.25) is 5.76 Å². The number of cyclic esters (lactones) is 1. The Bertz CT molecular complexity index is 259. The molecule has 6 nitrogen and oxygen atoms in total. The summed E-state index contributed by atoms with van der Waals surface area (Å²) in [5, 5.41) is 18.0. The molecule has 0 fully saturated rings. The third-order valence-electron chi connectivity index (χ3n) is 1.86. The van der Waals surface area contributed by atoms with Crippen molar-refractivity contribution in [1.29, 1.82) is 0 Å². The van der Waals surface area contributed by atoms with E-state index in [1.54, 1.807) is 0 Å². The van der Waals surface area contributed by atoms with Crippen LogP contribution in [0.25, 0.3) is 0 Å². The summed E-state index contributed by atoms with van der Waals surface area (Å²) < 4.78 is 14.3. The number of methoxy groups -OCH3 is 2. The van der Waals surface area contributed by atoms with E-state index in [0.29, 0.717) is 0 Å². The van der Waals surface area contributed by atoms with Crippen molar-refractivity contribution in [3.8, 4) is 0 Å². The van der Waals surface area contributed by atoms with Gasteiger partial charge in [0.15, 0.2) is 11.9 Å². The summed E-state index contributed by atoms with van der Waals surface area (Å²) in [7, 11) is 2.62. The van der Waals surface area contributed by atoms with Crippen LogP contribution in [0.2, 0.25) is 0 Å². The average Bonchev–Trinajstić information content (AvgIpc) is 2.53. The normalized spacial score (nSPS) is 23.4. The van der Waals surface area contributed by atoms with E-state index >= 15 is 0 Å². The van der Waals surface area contributed by atoms with Crippen LogP contribution in [0.15, 0.2) is 11.5 Å². The van der Waals surface area contributed by atoms with Crippen LogP contribution in [0.4, 0.5) is 0 Å². The minimum atomic E-state index is -1.21. The van der Waals surface area contributed by atoms with Crippen LogP contribution in [-0.2, 0) is 19.0 Å². The number of rotatable bonds is 4. The smallest absolute Gasteiger partial charge is 0.378 e. The van der Waals surface area contributed by atoms with Crippen LogP contribution in [0.3, 0.4) is 0 Å². The number of ether oxygens (including phenoxy) is 3. The lowest BCUT2D eigenvalue weighted by atomic mass is 10.2. The lowest BCUT2D eigenvalue weighted by Gasteiger charge is -2.16. The van der Waals surface area contributed by atoms with Crippen LogP contribution in [0, 0.1) is 0 Å². The van der Waals surface area contributed by atoms with Crippen molar-refractivity contribution in [2.75, 3.05) is 20.8 Å². The minimum Gasteiger partial charge on any atom is -0.493 e. The number of carbonyl (C=O) groups is 1. The molecular weight excluding hydrogens is 192 g/mol. The van der Waals surface area contributed by atoms with Gasteiger partial charge in [-0.2, -0.15) is 0 Å². The predicted octanol–water partition coefficient (Wildman–Crippen LogP) is -1.23. The van der Waals surface area contributed by atoms with E-state index in [0.717, 1.165) is 0 Å². The molecule has 1 aliphatic heterocycles. The summed E-state index contributed by atoms with van der Waals surface area (Å²) in [6.45, 7) is -0.526. The van der Waals surface area contributed by atoms with Gasteiger partial charge in [-0.15, -0.1) is 0 Å². The Morgan fingerprint density at radius 1 is 1.50 bits per heavy atom. The van der Waals surface area contributed by atoms with E-state index in [4.69, 9.17) is 19.3 Å². The van der Waals surface area contributed by atoms with Gasteiger partial charge >= 0.3 is 5.97 Å². The Labute approximate surface area is 80.7 Å². The standard InChI is InChI=1S/C8H12O6/c1-12-6-5(4(10)3-9)14-8(11)7(6)13-2/h4-5,9-10H,3H2,1-2H3/t4-,5?/m1/s1. The Balaban J connectivity index is 2.92. The molecule has 1 aliphatic rings. The van der Waals surface area contributed by atoms with Crippen LogP contribution < -0.4 is 0 Å². The molecule has 0 saturated heterocycles. The molecule has 2 atom stereocenters. The molecule has 1 rings (SSSR count). The zero-order chi connectivity index (χ0) is 10.7. The van der Waals surface area contributed by atoms with Gasteiger partial charge in [-0.3, -0.25) is 0 Å². The number of hydrogen-bond donors (Lipinski definition) is 2. The van der Waals surface area contributed by atoms with Crippen molar-refractivity contribution in [2.24, 2.45) is 0 Å². The lowest BCUT2D eigenvalue weighted by molar-refractivity contribution is -0.148. The Hall–Kier alpha value is -1.27. The molecule has 80 valence electrons. The molecule has 6 heteroatoms. The quantitative estimate of drug-likeness (QED) is 0.558. The highest BCUT2D eigenvalue weighted by atomic mass is 16.6. The van der Waals surface area contributed by atoms with Crippen molar-refractivity contribution < 1.29 is 29.2 Å². The highest BCUT2D eigenvalue weighted by molar-refractivity contribution is 5.89. The van der Waals surface area contributed by atoms with E-state index in [2.05, 4.69) is 0 Å². The Morgan fingerprint density at radius 3 is 2.57 bits per heavy atom. The molecule has 1 heterocycles. The molecule has 0 radical (unpaired) electrons. The molecule has 0 amide bonds. The SMILES string of the molecule is COC1=C(OC)C([C@H](O)CO)OC1=O. The van der Waals surface area contributed by atoms with E-state index in [-0.39, 0.29) is 11.5 Å². The highest BCUT2D eigenvalue weighted by Gasteiger charge is 2.40. The van der Waals surface area contributed by atoms with Gasteiger partial charge in [-0.05, 0) is 0 Å². The number of esters is 1. The van der Waals surface area contributed by atoms with Crippen molar-refractivity contribution >= 4 is 5.97 Å². The fraction of sp³-hybridized carbons (Fsp3) is 0.625. The van der Waals surface area contributed by atoms with Crippen LogP contribution in [0.5, 0.6) is 0 Å². The first-order valence-corrected chi connectivity index (χ1v) is 3.97. The molecule has 0 saturated carbocycles. The van der Waals surface area contributed by atoms with Crippen LogP contribution in [0.1, 0.15) is 0 Å². The second-order valence-electron chi connectivity index (χ2n) is 2.68. The predicted molar refractivity (Wildman–Crippen MR) is 44.0 cm³/mol. The molecule has 0 aromatic heterocycles. The number of hydrogen-bond acceptors (Lipinski definition) is 6. The first-order chi connectivity index (χ1) is 6.65. The van der Waals surface area contributed by atoms with E-state index < -0.39 is 24.8 Å².